The molecule has 0 unspecified atom stereocenters. The summed E-state index contributed by atoms with van der Waals surface area (Å²) in [5.74, 6) is 0.511. The van der Waals surface area contributed by atoms with E-state index in [9.17, 15) is 13.2 Å². The maximum atomic E-state index is 13.2. The van der Waals surface area contributed by atoms with Crippen LogP contribution in [-0.4, -0.2) is 62.4 Å². The summed E-state index contributed by atoms with van der Waals surface area (Å²) >= 11 is 0. The van der Waals surface area contributed by atoms with Crippen LogP contribution in [0.15, 0.2) is 53.4 Å². The molecule has 1 N–H and O–H groups in total. The van der Waals surface area contributed by atoms with Gasteiger partial charge in [-0.05, 0) is 44.2 Å². The van der Waals surface area contributed by atoms with Crippen LogP contribution in [0.2, 0.25) is 0 Å². The van der Waals surface area contributed by atoms with Crippen molar-refractivity contribution < 1.29 is 17.9 Å². The molecule has 0 spiro atoms. The van der Waals surface area contributed by atoms with Gasteiger partial charge in [0.25, 0.3) is 5.91 Å². The van der Waals surface area contributed by atoms with Crippen LogP contribution in [0.5, 0.6) is 5.75 Å². The Balaban J connectivity index is 1.57. The average molecular weight is 472 g/mol. The van der Waals surface area contributed by atoms with Crippen molar-refractivity contribution >= 4 is 15.9 Å². The molecule has 2 heterocycles. The van der Waals surface area contributed by atoms with Crippen LogP contribution < -0.4 is 10.1 Å². The Bertz CT molecular complexity index is 1110. The minimum atomic E-state index is -3.64. The molecular formula is C25H33N3O4S. The van der Waals surface area contributed by atoms with E-state index in [1.807, 2.05) is 31.3 Å². The third-order valence-electron chi connectivity index (χ3n) is 6.99. The highest BCUT2D eigenvalue weighted by Gasteiger charge is 2.39. The first-order chi connectivity index (χ1) is 15.8. The zero-order valence-corrected chi connectivity index (χ0v) is 20.4. The zero-order chi connectivity index (χ0) is 23.6. The number of sulfonamides is 1. The number of ether oxygens (including phenoxy) is 1. The molecule has 2 aromatic carbocycles. The lowest BCUT2D eigenvalue weighted by Gasteiger charge is -2.41. The number of nitrogens with zero attached hydrogens (tertiary/aromatic N) is 2. The summed E-state index contributed by atoms with van der Waals surface area (Å²) in [5, 5.41) is 3.14. The number of carbonyl (C=O) groups is 1. The van der Waals surface area contributed by atoms with Gasteiger partial charge in [-0.25, -0.2) is 8.42 Å². The van der Waals surface area contributed by atoms with Crippen LogP contribution in [0.4, 0.5) is 0 Å². The third-order valence-corrected chi connectivity index (χ3v) is 8.88. The van der Waals surface area contributed by atoms with E-state index in [1.54, 1.807) is 18.2 Å². The van der Waals surface area contributed by atoms with E-state index in [4.69, 9.17) is 4.74 Å². The van der Waals surface area contributed by atoms with E-state index in [-0.39, 0.29) is 22.4 Å². The van der Waals surface area contributed by atoms with Crippen LogP contribution in [-0.2, 0) is 10.0 Å². The Morgan fingerprint density at radius 1 is 1.06 bits per heavy atom. The molecule has 1 saturated heterocycles. The summed E-state index contributed by atoms with van der Waals surface area (Å²) in [6.07, 6.45) is 2.34. The van der Waals surface area contributed by atoms with E-state index in [1.165, 1.54) is 10.4 Å². The van der Waals surface area contributed by atoms with E-state index in [2.05, 4.69) is 24.1 Å². The lowest BCUT2D eigenvalue weighted by atomic mass is 9.83. The molecule has 1 atom stereocenters. The highest BCUT2D eigenvalue weighted by molar-refractivity contribution is 7.89. The molecule has 2 aromatic rings. The summed E-state index contributed by atoms with van der Waals surface area (Å²) in [5.41, 5.74) is 0.955. The lowest BCUT2D eigenvalue weighted by molar-refractivity contribution is 0.0227. The molecule has 2 aliphatic rings. The maximum Gasteiger partial charge on any atom is 0.251 e. The third kappa shape index (κ3) is 4.78. The molecule has 2 aliphatic heterocycles. The van der Waals surface area contributed by atoms with Crippen molar-refractivity contribution in [2.24, 2.45) is 0 Å². The number of piperazine rings is 1. The van der Waals surface area contributed by atoms with Crippen LogP contribution in [0.1, 0.15) is 55.1 Å². The van der Waals surface area contributed by atoms with Gasteiger partial charge in [0.2, 0.25) is 10.0 Å². The van der Waals surface area contributed by atoms with Crippen LogP contribution >= 0.6 is 0 Å². The van der Waals surface area contributed by atoms with E-state index in [0.29, 0.717) is 38.2 Å². The van der Waals surface area contributed by atoms with Crippen molar-refractivity contribution in [2.45, 2.75) is 49.6 Å². The molecule has 0 radical (unpaired) electrons. The lowest BCUT2D eigenvalue weighted by Crippen LogP contribution is -2.47. The Hall–Kier alpha value is -2.42. The molecule has 0 saturated carbocycles. The van der Waals surface area contributed by atoms with Gasteiger partial charge in [-0.2, -0.15) is 4.31 Å². The first kappa shape index (κ1) is 23.7. The van der Waals surface area contributed by atoms with Gasteiger partial charge in [-0.15, -0.1) is 0 Å². The summed E-state index contributed by atoms with van der Waals surface area (Å²) in [6.45, 7) is 6.48. The average Bonchev–Trinajstić information content (AvgIpc) is 2.84. The number of carbonyl (C=O) groups excluding carboxylic acids is 1. The molecule has 1 amide bonds. The van der Waals surface area contributed by atoms with E-state index in [0.717, 1.165) is 24.2 Å². The second-order valence-corrected chi connectivity index (χ2v) is 10.9. The topological polar surface area (TPSA) is 79.0 Å². The largest absolute Gasteiger partial charge is 0.487 e. The van der Waals surface area contributed by atoms with Crippen LogP contribution in [0, 0.1) is 0 Å². The zero-order valence-electron chi connectivity index (χ0n) is 19.6. The summed E-state index contributed by atoms with van der Waals surface area (Å²) in [7, 11) is -1.66. The fourth-order valence-corrected chi connectivity index (χ4v) is 6.12. The Morgan fingerprint density at radius 3 is 2.45 bits per heavy atom. The number of hydrogen-bond donors (Lipinski definition) is 1. The van der Waals surface area contributed by atoms with Gasteiger partial charge in [-0.1, -0.05) is 38.1 Å². The maximum absolute atomic E-state index is 13.2. The number of likely N-dealkylation sites (N-methyl/N-ethyl adjacent to an activating group) is 1. The summed E-state index contributed by atoms with van der Waals surface area (Å²) < 4.78 is 34.1. The number of para-hydroxylation sites is 1. The van der Waals surface area contributed by atoms with Crippen LogP contribution in [0.25, 0.3) is 0 Å². The molecule has 0 aromatic heterocycles. The molecule has 4 rings (SSSR count). The van der Waals surface area contributed by atoms with Crippen molar-refractivity contribution in [3.8, 4) is 5.75 Å². The SMILES string of the molecule is CCC1(CC)C[C@H](NC(=O)c2cccc(S(=O)(=O)N3CCN(C)CC3)c2)c2ccccc2O1. The monoisotopic (exact) mass is 471 g/mol. The number of nitrogens with one attached hydrogen (secondary N) is 1. The van der Waals surface area contributed by atoms with Gasteiger partial charge >= 0.3 is 0 Å². The molecule has 0 aliphatic carbocycles. The van der Waals surface area contributed by atoms with Crippen molar-refractivity contribution in [1.82, 2.24) is 14.5 Å². The van der Waals surface area contributed by atoms with Crippen molar-refractivity contribution in [2.75, 3.05) is 33.2 Å². The molecule has 8 heteroatoms. The predicted molar refractivity (Wildman–Crippen MR) is 128 cm³/mol. The van der Waals surface area contributed by atoms with Gasteiger partial charge in [0, 0.05) is 43.7 Å². The van der Waals surface area contributed by atoms with Gasteiger partial charge < -0.3 is 15.0 Å². The quantitative estimate of drug-likeness (QED) is 0.698. The van der Waals surface area contributed by atoms with Crippen molar-refractivity contribution in [1.29, 1.82) is 0 Å². The Labute approximate surface area is 196 Å². The van der Waals surface area contributed by atoms with Gasteiger partial charge in [0.1, 0.15) is 11.4 Å². The number of benzene rings is 2. The second-order valence-electron chi connectivity index (χ2n) is 9.00. The molecule has 7 nitrogen and oxygen atoms in total. The highest BCUT2D eigenvalue weighted by atomic mass is 32.2. The minimum absolute atomic E-state index is 0.156. The molecule has 0 bridgehead atoms. The number of amides is 1. The predicted octanol–water partition coefficient (Wildman–Crippen LogP) is 3.44. The standard InChI is InChI=1S/C25H33N3O4S/c1-4-25(5-2)18-22(21-11-6-7-12-23(21)32-25)26-24(29)19-9-8-10-20(17-19)33(30,31)28-15-13-27(3)14-16-28/h6-12,17,22H,4-5,13-16,18H2,1-3H3,(H,26,29)/t22-/m0/s1. The number of rotatable bonds is 6. The summed E-state index contributed by atoms with van der Waals surface area (Å²) in [6, 6.07) is 13.9. The number of hydrogen-bond acceptors (Lipinski definition) is 5. The first-order valence-corrected chi connectivity index (χ1v) is 13.1. The summed E-state index contributed by atoms with van der Waals surface area (Å²) in [4.78, 5) is 15.5. The fraction of sp³-hybridized carbons (Fsp3) is 0.480. The van der Waals surface area contributed by atoms with Crippen LogP contribution in [0.3, 0.4) is 0 Å². The van der Waals surface area contributed by atoms with Crippen molar-refractivity contribution in [3.63, 3.8) is 0 Å². The van der Waals surface area contributed by atoms with Gasteiger partial charge in [0.05, 0.1) is 10.9 Å². The van der Waals surface area contributed by atoms with Gasteiger partial charge in [-0.3, -0.25) is 4.79 Å². The fourth-order valence-electron chi connectivity index (χ4n) is 4.65. The minimum Gasteiger partial charge on any atom is -0.487 e. The number of fused-ring (bicyclic) bond motifs is 1. The Kier molecular flexibility index (Phi) is 6.79. The molecule has 33 heavy (non-hydrogen) atoms. The molecule has 1 fully saturated rings. The second kappa shape index (κ2) is 9.44. The molecule has 178 valence electrons. The van der Waals surface area contributed by atoms with E-state index < -0.39 is 10.0 Å². The van der Waals surface area contributed by atoms with E-state index >= 15 is 0 Å². The van der Waals surface area contributed by atoms with Crippen molar-refractivity contribution in [3.05, 3.63) is 59.7 Å². The Morgan fingerprint density at radius 2 is 1.76 bits per heavy atom. The normalized spacial score (nSPS) is 21.1. The first-order valence-electron chi connectivity index (χ1n) is 11.7. The molecular weight excluding hydrogens is 438 g/mol. The van der Waals surface area contributed by atoms with Gasteiger partial charge in [0.15, 0.2) is 0 Å². The smallest absolute Gasteiger partial charge is 0.251 e. The highest BCUT2D eigenvalue weighted by Crippen LogP contribution is 2.42.